The molecule has 0 fully saturated rings. The van der Waals surface area contributed by atoms with Crippen LogP contribution in [0.25, 0.3) is 0 Å². The summed E-state index contributed by atoms with van der Waals surface area (Å²) in [6.07, 6.45) is 1.10. The molecule has 0 amide bonds. The molecule has 3 atom stereocenters. The molecule has 0 aliphatic carbocycles. The molecule has 0 heterocycles. The van der Waals surface area contributed by atoms with Crippen LogP contribution in [0.3, 0.4) is 0 Å². The summed E-state index contributed by atoms with van der Waals surface area (Å²) < 4.78 is 11.4. The van der Waals surface area contributed by atoms with Crippen LogP contribution in [-0.4, -0.2) is 28.7 Å². The van der Waals surface area contributed by atoms with Crippen molar-refractivity contribution in [1.82, 2.24) is 5.32 Å². The van der Waals surface area contributed by atoms with Crippen molar-refractivity contribution in [2.45, 2.75) is 23.8 Å². The lowest BCUT2D eigenvalue weighted by atomic mass is 10.0. The van der Waals surface area contributed by atoms with Gasteiger partial charge in [0.05, 0.1) is 6.10 Å². The first-order chi connectivity index (χ1) is 11.0. The van der Waals surface area contributed by atoms with Gasteiger partial charge in [-0.3, -0.25) is 4.21 Å². The summed E-state index contributed by atoms with van der Waals surface area (Å²) in [7, 11) is -0.945. The van der Waals surface area contributed by atoms with Crippen LogP contribution >= 0.6 is 11.6 Å². The average molecular weight is 352 g/mol. The molecule has 23 heavy (non-hydrogen) atoms. The van der Waals surface area contributed by atoms with E-state index >= 15 is 0 Å². The van der Waals surface area contributed by atoms with Crippen LogP contribution < -0.4 is 5.32 Å². The van der Waals surface area contributed by atoms with Crippen molar-refractivity contribution in [3.63, 3.8) is 0 Å². The Morgan fingerprint density at radius 3 is 2.43 bits per heavy atom. The Balaban J connectivity index is 1.84. The van der Waals surface area contributed by atoms with E-state index < -0.39 is 16.9 Å². The maximum Gasteiger partial charge on any atom is 0.0914 e. The molecule has 0 saturated heterocycles. The highest BCUT2D eigenvalue weighted by Gasteiger charge is 2.10. The van der Waals surface area contributed by atoms with Crippen LogP contribution in [0.5, 0.6) is 0 Å². The van der Waals surface area contributed by atoms with Crippen LogP contribution in [0.15, 0.2) is 53.4 Å². The van der Waals surface area contributed by atoms with Gasteiger partial charge in [0, 0.05) is 40.1 Å². The van der Waals surface area contributed by atoms with E-state index in [4.69, 9.17) is 11.6 Å². The highest BCUT2D eigenvalue weighted by molar-refractivity contribution is 7.84. The SMILES string of the molecule is CC(CNCC(O)c1cccc(Cl)c1)c1ccc(S(C)=O)cc1. The lowest BCUT2D eigenvalue weighted by Gasteiger charge is -2.16. The number of benzene rings is 2. The fourth-order valence-corrected chi connectivity index (χ4v) is 3.09. The van der Waals surface area contributed by atoms with Crippen molar-refractivity contribution in [3.8, 4) is 0 Å². The van der Waals surface area contributed by atoms with E-state index in [-0.39, 0.29) is 0 Å². The van der Waals surface area contributed by atoms with Gasteiger partial charge in [0.2, 0.25) is 0 Å². The number of halogens is 1. The zero-order valence-corrected chi connectivity index (χ0v) is 14.9. The fraction of sp³-hybridized carbons (Fsp3) is 0.333. The number of hydrogen-bond acceptors (Lipinski definition) is 3. The van der Waals surface area contributed by atoms with Crippen molar-refractivity contribution in [2.75, 3.05) is 19.3 Å². The smallest absolute Gasteiger partial charge is 0.0914 e. The normalized spacial score (nSPS) is 15.1. The molecular weight excluding hydrogens is 330 g/mol. The summed E-state index contributed by atoms with van der Waals surface area (Å²) in [5.41, 5.74) is 2.00. The first-order valence-corrected chi connectivity index (χ1v) is 9.48. The first-order valence-electron chi connectivity index (χ1n) is 7.55. The van der Waals surface area contributed by atoms with Gasteiger partial charge < -0.3 is 10.4 Å². The predicted molar refractivity (Wildman–Crippen MR) is 96.5 cm³/mol. The second-order valence-corrected chi connectivity index (χ2v) is 7.47. The largest absolute Gasteiger partial charge is 0.387 e. The Labute approximate surface area is 145 Å². The number of rotatable bonds is 7. The quantitative estimate of drug-likeness (QED) is 0.802. The highest BCUT2D eigenvalue weighted by Crippen LogP contribution is 2.19. The summed E-state index contributed by atoms with van der Waals surface area (Å²) in [6.45, 7) is 3.35. The van der Waals surface area contributed by atoms with Crippen molar-refractivity contribution in [1.29, 1.82) is 0 Å². The third kappa shape index (κ3) is 5.43. The Bertz CT molecular complexity index is 660. The summed E-state index contributed by atoms with van der Waals surface area (Å²) in [6, 6.07) is 15.1. The molecule has 0 spiro atoms. The zero-order chi connectivity index (χ0) is 16.8. The van der Waals surface area contributed by atoms with E-state index in [0.29, 0.717) is 17.5 Å². The zero-order valence-electron chi connectivity index (χ0n) is 13.3. The molecule has 2 rings (SSSR count). The van der Waals surface area contributed by atoms with Crippen molar-refractivity contribution >= 4 is 22.4 Å². The van der Waals surface area contributed by atoms with Crippen LogP contribution in [0.4, 0.5) is 0 Å². The lowest BCUT2D eigenvalue weighted by molar-refractivity contribution is 0.174. The Morgan fingerprint density at radius 2 is 1.83 bits per heavy atom. The van der Waals surface area contributed by atoms with E-state index in [1.54, 1.807) is 18.4 Å². The summed E-state index contributed by atoms with van der Waals surface area (Å²) in [5, 5.41) is 14.1. The molecule has 2 N–H and O–H groups in total. The minimum absolute atomic E-state index is 0.306. The second-order valence-electron chi connectivity index (χ2n) is 5.65. The fourth-order valence-electron chi connectivity index (χ4n) is 2.37. The third-order valence-corrected chi connectivity index (χ3v) is 4.97. The van der Waals surface area contributed by atoms with Crippen LogP contribution in [-0.2, 0) is 10.8 Å². The van der Waals surface area contributed by atoms with Gasteiger partial charge in [0.1, 0.15) is 0 Å². The summed E-state index contributed by atoms with van der Waals surface area (Å²) in [4.78, 5) is 0.838. The molecule has 0 aliphatic rings. The van der Waals surface area contributed by atoms with E-state index in [1.807, 2.05) is 36.4 Å². The van der Waals surface area contributed by atoms with Gasteiger partial charge in [-0.25, -0.2) is 0 Å². The molecular formula is C18H22ClNO2S. The van der Waals surface area contributed by atoms with Gasteiger partial charge in [0.15, 0.2) is 0 Å². The van der Waals surface area contributed by atoms with Crippen LogP contribution in [0.2, 0.25) is 5.02 Å². The van der Waals surface area contributed by atoms with Gasteiger partial charge >= 0.3 is 0 Å². The molecule has 0 radical (unpaired) electrons. The molecule has 2 aromatic carbocycles. The molecule has 0 aromatic heterocycles. The molecule has 3 unspecified atom stereocenters. The molecule has 0 bridgehead atoms. The summed E-state index contributed by atoms with van der Waals surface area (Å²) in [5.74, 6) is 0.306. The number of hydrogen-bond donors (Lipinski definition) is 2. The van der Waals surface area contributed by atoms with Crippen molar-refractivity contribution < 1.29 is 9.32 Å². The van der Waals surface area contributed by atoms with Crippen LogP contribution in [0, 0.1) is 0 Å². The number of aliphatic hydroxyl groups is 1. The average Bonchev–Trinajstić information content (AvgIpc) is 2.54. The van der Waals surface area contributed by atoms with E-state index in [9.17, 15) is 9.32 Å². The monoisotopic (exact) mass is 351 g/mol. The van der Waals surface area contributed by atoms with Gasteiger partial charge in [-0.1, -0.05) is 42.8 Å². The summed E-state index contributed by atoms with van der Waals surface area (Å²) >= 11 is 5.94. The minimum Gasteiger partial charge on any atom is -0.387 e. The van der Waals surface area contributed by atoms with Gasteiger partial charge in [-0.15, -0.1) is 0 Å². The van der Waals surface area contributed by atoms with E-state index in [0.717, 1.165) is 17.0 Å². The van der Waals surface area contributed by atoms with Gasteiger partial charge in [0.25, 0.3) is 0 Å². The van der Waals surface area contributed by atoms with Crippen LogP contribution in [0.1, 0.15) is 30.1 Å². The lowest BCUT2D eigenvalue weighted by Crippen LogP contribution is -2.25. The Kier molecular flexibility index (Phi) is 6.78. The first kappa shape index (κ1) is 18.1. The number of aliphatic hydroxyl groups excluding tert-OH is 1. The maximum absolute atomic E-state index is 11.4. The molecule has 0 saturated carbocycles. The molecule has 2 aromatic rings. The van der Waals surface area contributed by atoms with Gasteiger partial charge in [-0.2, -0.15) is 0 Å². The van der Waals surface area contributed by atoms with E-state index in [2.05, 4.69) is 12.2 Å². The molecule has 0 aliphatic heterocycles. The standard InChI is InChI=1S/C18H22ClNO2S/c1-13(14-6-8-17(9-7-14)23(2)22)11-20-12-18(21)15-4-3-5-16(19)10-15/h3-10,13,18,20-21H,11-12H2,1-2H3. The Morgan fingerprint density at radius 1 is 1.13 bits per heavy atom. The molecule has 3 nitrogen and oxygen atoms in total. The second kappa shape index (κ2) is 8.60. The molecule has 5 heteroatoms. The maximum atomic E-state index is 11.4. The van der Waals surface area contributed by atoms with Crippen molar-refractivity contribution in [2.24, 2.45) is 0 Å². The number of nitrogens with one attached hydrogen (secondary N) is 1. The highest BCUT2D eigenvalue weighted by atomic mass is 35.5. The minimum atomic E-state index is -0.945. The van der Waals surface area contributed by atoms with E-state index in [1.165, 1.54) is 5.56 Å². The third-order valence-electron chi connectivity index (χ3n) is 3.80. The van der Waals surface area contributed by atoms with Gasteiger partial charge in [-0.05, 0) is 41.3 Å². The van der Waals surface area contributed by atoms with Crippen molar-refractivity contribution in [3.05, 3.63) is 64.7 Å². The topological polar surface area (TPSA) is 49.3 Å². The molecule has 124 valence electrons. The predicted octanol–water partition coefficient (Wildman–Crippen LogP) is 3.50. The Hall–Kier alpha value is -1.20.